The highest BCUT2D eigenvalue weighted by atomic mass is 15.1. The summed E-state index contributed by atoms with van der Waals surface area (Å²) >= 11 is 0. The van der Waals surface area contributed by atoms with Gasteiger partial charge in [-0.25, -0.2) is 4.98 Å². The lowest BCUT2D eigenvalue weighted by atomic mass is 10.1. The van der Waals surface area contributed by atoms with Crippen LogP contribution in [0.25, 0.3) is 0 Å². The molecule has 1 N–H and O–H groups in total. The Labute approximate surface area is 77.8 Å². The van der Waals surface area contributed by atoms with Crippen LogP contribution in [0, 0.1) is 12.8 Å². The van der Waals surface area contributed by atoms with Crippen molar-refractivity contribution in [2.75, 3.05) is 13.1 Å². The molecule has 1 saturated heterocycles. The van der Waals surface area contributed by atoms with E-state index in [2.05, 4.69) is 20.5 Å². The van der Waals surface area contributed by atoms with Crippen molar-refractivity contribution >= 4 is 0 Å². The first-order valence-corrected chi connectivity index (χ1v) is 4.70. The Balaban J connectivity index is 2.00. The van der Waals surface area contributed by atoms with Crippen LogP contribution in [0.15, 0.2) is 6.20 Å². The summed E-state index contributed by atoms with van der Waals surface area (Å²) in [4.78, 5) is 4.34. The van der Waals surface area contributed by atoms with Crippen LogP contribution in [0.5, 0.6) is 0 Å². The molecule has 0 radical (unpaired) electrons. The van der Waals surface area contributed by atoms with Gasteiger partial charge in [0.15, 0.2) is 5.82 Å². The highest BCUT2D eigenvalue weighted by molar-refractivity contribution is 4.94. The van der Waals surface area contributed by atoms with Crippen molar-refractivity contribution in [2.24, 2.45) is 5.92 Å². The predicted molar refractivity (Wildman–Crippen MR) is 49.2 cm³/mol. The second-order valence-corrected chi connectivity index (χ2v) is 3.58. The maximum Gasteiger partial charge on any atom is 0.151 e. The van der Waals surface area contributed by atoms with E-state index in [0.29, 0.717) is 5.92 Å². The van der Waals surface area contributed by atoms with Crippen LogP contribution in [0.3, 0.4) is 0 Å². The topological polar surface area (TPSA) is 50.7 Å². The van der Waals surface area contributed by atoms with Gasteiger partial charge in [0.05, 0.1) is 11.9 Å². The molecular formula is C9H14N4. The average Bonchev–Trinajstić information content (AvgIpc) is 2.57. The first-order valence-electron chi connectivity index (χ1n) is 4.70. The molecule has 0 aliphatic carbocycles. The van der Waals surface area contributed by atoms with Gasteiger partial charge >= 0.3 is 0 Å². The monoisotopic (exact) mass is 178 g/mol. The van der Waals surface area contributed by atoms with Gasteiger partial charge in [0.1, 0.15) is 0 Å². The lowest BCUT2D eigenvalue weighted by Gasteiger charge is -2.05. The zero-order valence-electron chi connectivity index (χ0n) is 7.82. The van der Waals surface area contributed by atoms with Crippen molar-refractivity contribution in [3.05, 3.63) is 17.7 Å². The molecule has 0 amide bonds. The Hall–Kier alpha value is -1.03. The summed E-state index contributed by atoms with van der Waals surface area (Å²) in [5, 5.41) is 11.2. The van der Waals surface area contributed by atoms with Gasteiger partial charge < -0.3 is 5.32 Å². The molecule has 2 heterocycles. The van der Waals surface area contributed by atoms with Crippen LogP contribution >= 0.6 is 0 Å². The van der Waals surface area contributed by atoms with Crippen molar-refractivity contribution in [1.29, 1.82) is 0 Å². The van der Waals surface area contributed by atoms with Gasteiger partial charge in [-0.3, -0.25) is 0 Å². The highest BCUT2D eigenvalue weighted by Gasteiger charge is 2.16. The van der Waals surface area contributed by atoms with Gasteiger partial charge in [-0.2, -0.15) is 5.10 Å². The Kier molecular flexibility index (Phi) is 2.49. The van der Waals surface area contributed by atoms with Crippen LogP contribution in [0.4, 0.5) is 0 Å². The third-order valence-corrected chi connectivity index (χ3v) is 2.36. The number of aromatic nitrogens is 3. The number of hydrogen-bond donors (Lipinski definition) is 1. The summed E-state index contributed by atoms with van der Waals surface area (Å²) in [6.07, 6.45) is 3.88. The number of hydrogen-bond acceptors (Lipinski definition) is 4. The molecule has 2 rings (SSSR count). The lowest BCUT2D eigenvalue weighted by Crippen LogP contribution is -2.12. The van der Waals surface area contributed by atoms with Crippen LogP contribution in [0.1, 0.15) is 17.9 Å². The highest BCUT2D eigenvalue weighted by Crippen LogP contribution is 2.11. The standard InChI is InChI=1S/C9H14N4/c1-7-5-11-13-9(12-7)4-8-2-3-10-6-8/h5,8,10H,2-4,6H2,1H3. The summed E-state index contributed by atoms with van der Waals surface area (Å²) in [6, 6.07) is 0. The molecule has 0 bridgehead atoms. The van der Waals surface area contributed by atoms with E-state index < -0.39 is 0 Å². The van der Waals surface area contributed by atoms with E-state index in [1.54, 1.807) is 6.20 Å². The summed E-state index contributed by atoms with van der Waals surface area (Å²) in [5.74, 6) is 1.58. The van der Waals surface area contributed by atoms with E-state index in [0.717, 1.165) is 31.0 Å². The van der Waals surface area contributed by atoms with Crippen LogP contribution in [-0.2, 0) is 6.42 Å². The van der Waals surface area contributed by atoms with Crippen LogP contribution in [-0.4, -0.2) is 28.3 Å². The molecule has 1 aliphatic rings. The van der Waals surface area contributed by atoms with E-state index >= 15 is 0 Å². The van der Waals surface area contributed by atoms with Crippen LogP contribution < -0.4 is 5.32 Å². The minimum Gasteiger partial charge on any atom is -0.316 e. The molecule has 0 aromatic carbocycles. The Morgan fingerprint density at radius 3 is 3.23 bits per heavy atom. The summed E-state index contributed by atoms with van der Waals surface area (Å²) in [7, 11) is 0. The molecule has 4 heteroatoms. The molecule has 0 spiro atoms. The Bertz CT molecular complexity index is 281. The van der Waals surface area contributed by atoms with Crippen LogP contribution in [0.2, 0.25) is 0 Å². The third kappa shape index (κ3) is 2.21. The van der Waals surface area contributed by atoms with Gasteiger partial charge in [-0.1, -0.05) is 0 Å². The predicted octanol–water partition coefficient (Wildman–Crippen LogP) is 0.332. The fourth-order valence-corrected chi connectivity index (χ4v) is 1.67. The van der Waals surface area contributed by atoms with E-state index in [1.807, 2.05) is 6.92 Å². The summed E-state index contributed by atoms with van der Waals surface area (Å²) in [5.41, 5.74) is 0.955. The van der Waals surface area contributed by atoms with Crippen molar-refractivity contribution in [2.45, 2.75) is 19.8 Å². The first kappa shape index (κ1) is 8.56. The number of nitrogens with zero attached hydrogens (tertiary/aromatic N) is 3. The maximum atomic E-state index is 4.34. The van der Waals surface area contributed by atoms with Crippen molar-refractivity contribution < 1.29 is 0 Å². The van der Waals surface area contributed by atoms with Gasteiger partial charge in [0.2, 0.25) is 0 Å². The minimum absolute atomic E-state index is 0.698. The molecule has 1 fully saturated rings. The molecule has 13 heavy (non-hydrogen) atoms. The molecule has 0 saturated carbocycles. The maximum absolute atomic E-state index is 4.34. The molecule has 1 atom stereocenters. The number of rotatable bonds is 2. The van der Waals surface area contributed by atoms with Crippen molar-refractivity contribution in [1.82, 2.24) is 20.5 Å². The van der Waals surface area contributed by atoms with Crippen molar-refractivity contribution in [3.63, 3.8) is 0 Å². The number of nitrogens with one attached hydrogen (secondary N) is 1. The smallest absolute Gasteiger partial charge is 0.151 e. The largest absolute Gasteiger partial charge is 0.316 e. The van der Waals surface area contributed by atoms with Gasteiger partial charge in [-0.05, 0) is 32.4 Å². The average molecular weight is 178 g/mol. The zero-order valence-corrected chi connectivity index (χ0v) is 7.82. The molecule has 4 nitrogen and oxygen atoms in total. The van der Waals surface area contributed by atoms with Gasteiger partial charge in [0, 0.05) is 6.42 Å². The van der Waals surface area contributed by atoms with E-state index in [1.165, 1.54) is 6.42 Å². The zero-order chi connectivity index (χ0) is 9.10. The second-order valence-electron chi connectivity index (χ2n) is 3.58. The molecule has 70 valence electrons. The fraction of sp³-hybridized carbons (Fsp3) is 0.667. The van der Waals surface area contributed by atoms with E-state index in [9.17, 15) is 0 Å². The fourth-order valence-electron chi connectivity index (χ4n) is 1.67. The summed E-state index contributed by atoms with van der Waals surface area (Å²) < 4.78 is 0. The Morgan fingerprint density at radius 2 is 2.54 bits per heavy atom. The number of aryl methyl sites for hydroxylation is 1. The minimum atomic E-state index is 0.698. The summed E-state index contributed by atoms with van der Waals surface area (Å²) in [6.45, 7) is 4.17. The quantitative estimate of drug-likeness (QED) is 0.709. The Morgan fingerprint density at radius 1 is 1.62 bits per heavy atom. The molecule has 1 aromatic rings. The second kappa shape index (κ2) is 3.79. The molecular weight excluding hydrogens is 164 g/mol. The van der Waals surface area contributed by atoms with Gasteiger partial charge in [0.25, 0.3) is 0 Å². The van der Waals surface area contributed by atoms with E-state index in [4.69, 9.17) is 0 Å². The lowest BCUT2D eigenvalue weighted by molar-refractivity contribution is 0.554. The van der Waals surface area contributed by atoms with Crippen molar-refractivity contribution in [3.8, 4) is 0 Å². The molecule has 1 unspecified atom stereocenters. The van der Waals surface area contributed by atoms with Gasteiger partial charge in [-0.15, -0.1) is 5.10 Å². The van der Waals surface area contributed by atoms with E-state index in [-0.39, 0.29) is 0 Å². The first-order chi connectivity index (χ1) is 6.34. The third-order valence-electron chi connectivity index (χ3n) is 2.36. The SMILES string of the molecule is Cc1cnnc(CC2CCNC2)n1. The molecule has 1 aliphatic heterocycles. The normalized spacial score (nSPS) is 22.1. The molecule has 1 aromatic heterocycles.